The molecule has 102 valence electrons. The third-order valence-electron chi connectivity index (χ3n) is 3.03. The molecule has 0 spiro atoms. The standard InChI is InChI=1S/C15H11Cl2NOS/c1-2-9-6-7-20-15(9)14(19)10(8-18)13-11(16)4-3-5-12(13)17/h3-7,10H,2H2,1H3. The van der Waals surface area contributed by atoms with Crippen molar-refractivity contribution in [3.63, 3.8) is 0 Å². The van der Waals surface area contributed by atoms with Crippen LogP contribution in [0.2, 0.25) is 10.0 Å². The Labute approximate surface area is 131 Å². The van der Waals surface area contributed by atoms with Crippen LogP contribution >= 0.6 is 34.5 Å². The molecular weight excluding hydrogens is 313 g/mol. The first-order valence-corrected chi connectivity index (χ1v) is 7.67. The minimum atomic E-state index is -0.972. The molecule has 0 radical (unpaired) electrons. The molecule has 1 atom stereocenters. The average molecular weight is 324 g/mol. The van der Waals surface area contributed by atoms with Gasteiger partial charge < -0.3 is 0 Å². The quantitative estimate of drug-likeness (QED) is 0.734. The molecular formula is C15H11Cl2NOS. The molecule has 20 heavy (non-hydrogen) atoms. The molecule has 5 heteroatoms. The van der Waals surface area contributed by atoms with Gasteiger partial charge in [0.25, 0.3) is 0 Å². The van der Waals surface area contributed by atoms with Gasteiger partial charge >= 0.3 is 0 Å². The van der Waals surface area contributed by atoms with E-state index in [4.69, 9.17) is 23.2 Å². The molecule has 1 unspecified atom stereocenters. The van der Waals surface area contributed by atoms with Crippen molar-refractivity contribution in [2.24, 2.45) is 0 Å². The molecule has 1 aromatic heterocycles. The van der Waals surface area contributed by atoms with E-state index in [1.165, 1.54) is 11.3 Å². The van der Waals surface area contributed by atoms with Gasteiger partial charge in [-0.1, -0.05) is 36.2 Å². The molecule has 0 aliphatic rings. The van der Waals surface area contributed by atoms with Gasteiger partial charge in [0.05, 0.1) is 10.9 Å². The lowest BCUT2D eigenvalue weighted by atomic mass is 9.93. The fourth-order valence-electron chi connectivity index (χ4n) is 2.00. The van der Waals surface area contributed by atoms with Crippen molar-refractivity contribution in [3.05, 3.63) is 55.7 Å². The average Bonchev–Trinajstić information content (AvgIpc) is 2.90. The monoisotopic (exact) mass is 323 g/mol. The van der Waals surface area contributed by atoms with Gasteiger partial charge in [-0.15, -0.1) is 11.3 Å². The molecule has 0 aliphatic heterocycles. The van der Waals surface area contributed by atoms with Crippen LogP contribution in [0.5, 0.6) is 0 Å². The van der Waals surface area contributed by atoms with Crippen LogP contribution in [0, 0.1) is 11.3 Å². The highest BCUT2D eigenvalue weighted by Crippen LogP contribution is 2.34. The number of rotatable bonds is 4. The van der Waals surface area contributed by atoms with Crippen LogP contribution in [0.15, 0.2) is 29.6 Å². The summed E-state index contributed by atoms with van der Waals surface area (Å²) in [7, 11) is 0. The molecule has 2 aromatic rings. The molecule has 0 aliphatic carbocycles. The lowest BCUT2D eigenvalue weighted by molar-refractivity contribution is 0.0982. The van der Waals surface area contributed by atoms with Crippen LogP contribution in [-0.4, -0.2) is 5.78 Å². The summed E-state index contributed by atoms with van der Waals surface area (Å²) in [5, 5.41) is 11.9. The van der Waals surface area contributed by atoms with Crippen molar-refractivity contribution in [2.75, 3.05) is 0 Å². The van der Waals surface area contributed by atoms with Gasteiger partial charge in [-0.3, -0.25) is 4.79 Å². The van der Waals surface area contributed by atoms with Gasteiger partial charge in [0, 0.05) is 15.6 Å². The number of carbonyl (C=O) groups excluding carboxylic acids is 1. The summed E-state index contributed by atoms with van der Waals surface area (Å²) in [5.41, 5.74) is 1.34. The minimum absolute atomic E-state index is 0.241. The summed E-state index contributed by atoms with van der Waals surface area (Å²) in [4.78, 5) is 13.2. The second kappa shape index (κ2) is 6.41. The van der Waals surface area contributed by atoms with E-state index >= 15 is 0 Å². The normalized spacial score (nSPS) is 11.9. The summed E-state index contributed by atoms with van der Waals surface area (Å²) in [6, 6.07) is 8.89. The van der Waals surface area contributed by atoms with Crippen LogP contribution < -0.4 is 0 Å². The van der Waals surface area contributed by atoms with E-state index in [0.29, 0.717) is 20.5 Å². The first-order chi connectivity index (χ1) is 9.60. The van der Waals surface area contributed by atoms with Crippen molar-refractivity contribution >= 4 is 40.3 Å². The van der Waals surface area contributed by atoms with Gasteiger partial charge in [0.2, 0.25) is 0 Å². The van der Waals surface area contributed by atoms with Crippen molar-refractivity contribution < 1.29 is 4.79 Å². The Kier molecular flexibility index (Phi) is 4.82. The maximum atomic E-state index is 12.6. The van der Waals surface area contributed by atoms with Gasteiger partial charge in [0.1, 0.15) is 5.92 Å². The first-order valence-electron chi connectivity index (χ1n) is 6.04. The molecule has 1 aromatic carbocycles. The van der Waals surface area contributed by atoms with Crippen molar-refractivity contribution in [3.8, 4) is 6.07 Å². The summed E-state index contributed by atoms with van der Waals surface area (Å²) in [6.45, 7) is 1.97. The number of aryl methyl sites for hydroxylation is 1. The number of nitriles is 1. The highest BCUT2D eigenvalue weighted by atomic mass is 35.5. The van der Waals surface area contributed by atoms with Crippen LogP contribution in [0.4, 0.5) is 0 Å². The van der Waals surface area contributed by atoms with Crippen molar-refractivity contribution in [2.45, 2.75) is 19.3 Å². The van der Waals surface area contributed by atoms with E-state index in [0.717, 1.165) is 12.0 Å². The zero-order chi connectivity index (χ0) is 14.7. The highest BCUT2D eigenvalue weighted by molar-refractivity contribution is 7.12. The predicted octanol–water partition coefficient (Wildman–Crippen LogP) is 5.11. The number of halogens is 2. The highest BCUT2D eigenvalue weighted by Gasteiger charge is 2.28. The SMILES string of the molecule is CCc1ccsc1C(=O)C(C#N)c1c(Cl)cccc1Cl. The third-order valence-corrected chi connectivity index (χ3v) is 4.66. The van der Waals surface area contributed by atoms with Crippen LogP contribution in [0.1, 0.15) is 33.6 Å². The molecule has 2 rings (SSSR count). The van der Waals surface area contributed by atoms with E-state index in [2.05, 4.69) is 0 Å². The molecule has 0 amide bonds. The zero-order valence-corrected chi connectivity index (χ0v) is 13.0. The Balaban J connectivity index is 2.49. The van der Waals surface area contributed by atoms with Gasteiger partial charge in [-0.05, 0) is 35.6 Å². The topological polar surface area (TPSA) is 40.9 Å². The second-order valence-electron chi connectivity index (χ2n) is 4.19. The number of thiophene rings is 1. The van der Waals surface area contributed by atoms with E-state index in [9.17, 15) is 10.1 Å². The summed E-state index contributed by atoms with van der Waals surface area (Å²) in [6.07, 6.45) is 0.749. The van der Waals surface area contributed by atoms with Crippen LogP contribution in [0.3, 0.4) is 0 Å². The number of hydrogen-bond acceptors (Lipinski definition) is 3. The lowest BCUT2D eigenvalue weighted by Gasteiger charge is -2.12. The lowest BCUT2D eigenvalue weighted by Crippen LogP contribution is -2.12. The molecule has 1 heterocycles. The van der Waals surface area contributed by atoms with Gasteiger partial charge in [0.15, 0.2) is 5.78 Å². The Hall–Kier alpha value is -1.34. The molecule has 2 nitrogen and oxygen atoms in total. The Morgan fingerprint density at radius 3 is 2.55 bits per heavy atom. The number of ketones is 1. The maximum Gasteiger partial charge on any atom is 0.194 e. The third kappa shape index (κ3) is 2.73. The summed E-state index contributed by atoms with van der Waals surface area (Å²) >= 11 is 13.5. The van der Waals surface area contributed by atoms with E-state index < -0.39 is 5.92 Å². The number of benzene rings is 1. The molecule has 0 bridgehead atoms. The van der Waals surface area contributed by atoms with Gasteiger partial charge in [-0.2, -0.15) is 5.26 Å². The molecule has 0 saturated heterocycles. The molecule has 0 N–H and O–H groups in total. The second-order valence-corrected chi connectivity index (χ2v) is 5.92. The minimum Gasteiger partial charge on any atom is -0.291 e. The first kappa shape index (κ1) is 15.1. The fourth-order valence-corrected chi connectivity index (χ4v) is 3.58. The smallest absolute Gasteiger partial charge is 0.194 e. The summed E-state index contributed by atoms with van der Waals surface area (Å²) < 4.78 is 0. The molecule has 0 saturated carbocycles. The predicted molar refractivity (Wildman–Crippen MR) is 82.8 cm³/mol. The van der Waals surface area contributed by atoms with E-state index in [1.54, 1.807) is 18.2 Å². The fraction of sp³-hybridized carbons (Fsp3) is 0.200. The number of carbonyl (C=O) groups is 1. The van der Waals surface area contributed by atoms with Crippen molar-refractivity contribution in [1.29, 1.82) is 5.26 Å². The Morgan fingerprint density at radius 1 is 1.35 bits per heavy atom. The summed E-state index contributed by atoms with van der Waals surface area (Å²) in [5.74, 6) is -1.21. The van der Waals surface area contributed by atoms with Crippen LogP contribution in [-0.2, 0) is 6.42 Å². The van der Waals surface area contributed by atoms with Crippen molar-refractivity contribution in [1.82, 2.24) is 0 Å². The Bertz CT molecular complexity index is 667. The number of nitrogens with zero attached hydrogens (tertiary/aromatic N) is 1. The molecule has 0 fully saturated rings. The number of Topliss-reactive ketones (excluding diaryl/α,β-unsaturated/α-hetero) is 1. The maximum absolute atomic E-state index is 12.6. The zero-order valence-electron chi connectivity index (χ0n) is 10.7. The van der Waals surface area contributed by atoms with Crippen LogP contribution in [0.25, 0.3) is 0 Å². The van der Waals surface area contributed by atoms with Gasteiger partial charge in [-0.25, -0.2) is 0 Å². The van der Waals surface area contributed by atoms with E-state index in [1.807, 2.05) is 24.4 Å². The largest absolute Gasteiger partial charge is 0.291 e. The Morgan fingerprint density at radius 2 is 2.00 bits per heavy atom. The number of hydrogen-bond donors (Lipinski definition) is 0. The van der Waals surface area contributed by atoms with E-state index in [-0.39, 0.29) is 5.78 Å².